The summed E-state index contributed by atoms with van der Waals surface area (Å²) in [7, 11) is 0. The molecule has 2 aromatic rings. The van der Waals surface area contributed by atoms with E-state index in [9.17, 15) is 13.2 Å². The van der Waals surface area contributed by atoms with E-state index in [1.165, 1.54) is 24.3 Å². The molecule has 0 radical (unpaired) electrons. The fraction of sp³-hybridized carbons (Fsp3) is 0.250. The molecule has 0 bridgehead atoms. The average Bonchev–Trinajstić information content (AvgIpc) is 2.46. The molecule has 0 spiro atoms. The van der Waals surface area contributed by atoms with Gasteiger partial charge in [0.1, 0.15) is 5.82 Å². The molecule has 0 aromatic heterocycles. The van der Waals surface area contributed by atoms with Gasteiger partial charge in [-0.15, -0.1) is 0 Å². The first-order valence-electron chi connectivity index (χ1n) is 6.41. The van der Waals surface area contributed by atoms with Crippen molar-refractivity contribution in [2.24, 2.45) is 0 Å². The third kappa shape index (κ3) is 3.61. The SMILES string of the molecule is CC(NCC(F)(F)c1ccccc1)c1ccc(F)cc1. The van der Waals surface area contributed by atoms with Gasteiger partial charge in [0.25, 0.3) is 5.92 Å². The lowest BCUT2D eigenvalue weighted by Crippen LogP contribution is -2.32. The molecule has 0 fully saturated rings. The molecule has 106 valence electrons. The summed E-state index contributed by atoms with van der Waals surface area (Å²) in [5.41, 5.74) is 0.758. The zero-order valence-electron chi connectivity index (χ0n) is 11.1. The van der Waals surface area contributed by atoms with E-state index in [2.05, 4.69) is 5.32 Å². The van der Waals surface area contributed by atoms with E-state index in [1.807, 2.05) is 0 Å². The third-order valence-electron chi connectivity index (χ3n) is 3.20. The number of hydrogen-bond donors (Lipinski definition) is 1. The molecule has 0 heterocycles. The summed E-state index contributed by atoms with van der Waals surface area (Å²) >= 11 is 0. The van der Waals surface area contributed by atoms with E-state index in [4.69, 9.17) is 0 Å². The Morgan fingerprint density at radius 2 is 1.60 bits per heavy atom. The summed E-state index contributed by atoms with van der Waals surface area (Å²) in [6.07, 6.45) is 0. The molecule has 1 nitrogen and oxygen atoms in total. The molecule has 0 aliphatic rings. The first-order chi connectivity index (χ1) is 9.49. The van der Waals surface area contributed by atoms with E-state index in [-0.39, 0.29) is 17.4 Å². The molecule has 0 amide bonds. The Balaban J connectivity index is 1.99. The van der Waals surface area contributed by atoms with Crippen LogP contribution in [0.1, 0.15) is 24.1 Å². The van der Waals surface area contributed by atoms with Crippen LogP contribution in [0.4, 0.5) is 13.2 Å². The number of alkyl halides is 2. The van der Waals surface area contributed by atoms with Gasteiger partial charge in [0.15, 0.2) is 0 Å². The first kappa shape index (κ1) is 14.6. The lowest BCUT2D eigenvalue weighted by atomic mass is 10.1. The summed E-state index contributed by atoms with van der Waals surface area (Å²) in [6.45, 7) is 1.31. The molecule has 4 heteroatoms. The second kappa shape index (κ2) is 6.09. The summed E-state index contributed by atoms with van der Waals surface area (Å²) in [5.74, 6) is -3.27. The van der Waals surface area contributed by atoms with Gasteiger partial charge < -0.3 is 5.32 Å². The highest BCUT2D eigenvalue weighted by Gasteiger charge is 2.31. The highest BCUT2D eigenvalue weighted by molar-refractivity contribution is 5.22. The molecular weight excluding hydrogens is 263 g/mol. The van der Waals surface area contributed by atoms with Crippen molar-refractivity contribution in [1.82, 2.24) is 5.32 Å². The number of nitrogens with one attached hydrogen (secondary N) is 1. The summed E-state index contributed by atoms with van der Waals surface area (Å²) in [4.78, 5) is 0. The van der Waals surface area contributed by atoms with Crippen LogP contribution in [-0.2, 0) is 5.92 Å². The minimum absolute atomic E-state index is 0.0150. The third-order valence-corrected chi connectivity index (χ3v) is 3.20. The molecule has 0 aliphatic heterocycles. The molecule has 2 rings (SSSR count). The van der Waals surface area contributed by atoms with Gasteiger partial charge in [0.05, 0.1) is 6.54 Å². The molecule has 2 aromatic carbocycles. The van der Waals surface area contributed by atoms with Crippen LogP contribution in [0.2, 0.25) is 0 Å². The highest BCUT2D eigenvalue weighted by atomic mass is 19.3. The van der Waals surface area contributed by atoms with Crippen LogP contribution in [-0.4, -0.2) is 6.54 Å². The van der Waals surface area contributed by atoms with Crippen LogP contribution in [0, 0.1) is 5.82 Å². The van der Waals surface area contributed by atoms with Crippen molar-refractivity contribution in [3.63, 3.8) is 0 Å². The van der Waals surface area contributed by atoms with E-state index in [0.717, 1.165) is 5.56 Å². The predicted molar refractivity (Wildman–Crippen MR) is 73.2 cm³/mol. The van der Waals surface area contributed by atoms with Crippen molar-refractivity contribution < 1.29 is 13.2 Å². The van der Waals surface area contributed by atoms with Gasteiger partial charge >= 0.3 is 0 Å². The molecule has 0 aliphatic carbocycles. The van der Waals surface area contributed by atoms with Gasteiger partial charge in [-0.1, -0.05) is 42.5 Å². The van der Waals surface area contributed by atoms with Crippen LogP contribution in [0.5, 0.6) is 0 Å². The largest absolute Gasteiger partial charge is 0.304 e. The topological polar surface area (TPSA) is 12.0 Å². The van der Waals surface area contributed by atoms with E-state index < -0.39 is 12.5 Å². The van der Waals surface area contributed by atoms with Gasteiger partial charge in [-0.3, -0.25) is 0 Å². The Labute approximate surface area is 116 Å². The van der Waals surface area contributed by atoms with Crippen molar-refractivity contribution >= 4 is 0 Å². The Kier molecular flexibility index (Phi) is 4.45. The molecule has 0 saturated carbocycles. The summed E-state index contributed by atoms with van der Waals surface area (Å²) in [6, 6.07) is 13.2. The van der Waals surface area contributed by atoms with Crippen molar-refractivity contribution in [3.8, 4) is 0 Å². The average molecular weight is 279 g/mol. The number of halogens is 3. The number of hydrogen-bond acceptors (Lipinski definition) is 1. The van der Waals surface area contributed by atoms with Crippen molar-refractivity contribution in [3.05, 3.63) is 71.5 Å². The van der Waals surface area contributed by atoms with Crippen LogP contribution < -0.4 is 5.32 Å². The maximum atomic E-state index is 14.0. The van der Waals surface area contributed by atoms with Crippen LogP contribution >= 0.6 is 0 Å². The maximum Gasteiger partial charge on any atom is 0.285 e. The molecule has 1 unspecified atom stereocenters. The zero-order valence-corrected chi connectivity index (χ0v) is 11.1. The second-order valence-electron chi connectivity index (χ2n) is 4.72. The van der Waals surface area contributed by atoms with Crippen LogP contribution in [0.3, 0.4) is 0 Å². The Morgan fingerprint density at radius 1 is 1.00 bits per heavy atom. The Hall–Kier alpha value is -1.81. The van der Waals surface area contributed by atoms with Gasteiger partial charge in [-0.05, 0) is 24.6 Å². The second-order valence-corrected chi connectivity index (χ2v) is 4.72. The van der Waals surface area contributed by atoms with Gasteiger partial charge in [-0.2, -0.15) is 8.78 Å². The molecule has 20 heavy (non-hydrogen) atoms. The van der Waals surface area contributed by atoms with E-state index in [1.54, 1.807) is 37.3 Å². The van der Waals surface area contributed by atoms with Crippen molar-refractivity contribution in [2.45, 2.75) is 18.9 Å². The Bertz CT molecular complexity index is 537. The smallest absolute Gasteiger partial charge is 0.285 e. The Morgan fingerprint density at radius 3 is 2.20 bits per heavy atom. The van der Waals surface area contributed by atoms with Crippen LogP contribution in [0.25, 0.3) is 0 Å². The molecule has 1 atom stereocenters. The fourth-order valence-electron chi connectivity index (χ4n) is 1.93. The molecular formula is C16H16F3N. The standard InChI is InChI=1S/C16H16F3N/c1-12(13-7-9-15(17)10-8-13)20-11-16(18,19)14-5-3-2-4-6-14/h2-10,12,20H,11H2,1H3. The normalized spacial score (nSPS) is 13.2. The summed E-state index contributed by atoms with van der Waals surface area (Å²) < 4.78 is 40.8. The van der Waals surface area contributed by atoms with Crippen LogP contribution in [0.15, 0.2) is 54.6 Å². The fourth-order valence-corrected chi connectivity index (χ4v) is 1.93. The lowest BCUT2D eigenvalue weighted by molar-refractivity contribution is -0.00534. The first-order valence-corrected chi connectivity index (χ1v) is 6.41. The molecule has 0 saturated heterocycles. The highest BCUT2D eigenvalue weighted by Crippen LogP contribution is 2.27. The quantitative estimate of drug-likeness (QED) is 0.862. The van der Waals surface area contributed by atoms with Crippen molar-refractivity contribution in [1.29, 1.82) is 0 Å². The number of benzene rings is 2. The maximum absolute atomic E-state index is 14.0. The van der Waals surface area contributed by atoms with Gasteiger partial charge in [0.2, 0.25) is 0 Å². The minimum atomic E-state index is -2.93. The number of rotatable bonds is 5. The van der Waals surface area contributed by atoms with E-state index >= 15 is 0 Å². The van der Waals surface area contributed by atoms with E-state index in [0.29, 0.717) is 0 Å². The minimum Gasteiger partial charge on any atom is -0.304 e. The molecule has 1 N–H and O–H groups in total. The zero-order chi connectivity index (χ0) is 14.6. The van der Waals surface area contributed by atoms with Gasteiger partial charge in [-0.25, -0.2) is 4.39 Å². The van der Waals surface area contributed by atoms with Gasteiger partial charge in [0, 0.05) is 11.6 Å². The lowest BCUT2D eigenvalue weighted by Gasteiger charge is -2.21. The summed E-state index contributed by atoms with van der Waals surface area (Å²) in [5, 5.41) is 2.78. The monoisotopic (exact) mass is 279 g/mol. The van der Waals surface area contributed by atoms with Crippen molar-refractivity contribution in [2.75, 3.05) is 6.54 Å². The predicted octanol–water partition coefficient (Wildman–Crippen LogP) is 4.27.